The normalized spacial score (nSPS) is 11.7. The largest absolute Gasteiger partial charge is 0.478 e. The molecule has 142 valence electrons. The number of hydrogen-bond donors (Lipinski definition) is 3. The highest BCUT2D eigenvalue weighted by Gasteiger charge is 2.25. The van der Waals surface area contributed by atoms with Crippen molar-refractivity contribution < 1.29 is 19.5 Å². The first kappa shape index (κ1) is 20.5. The highest BCUT2D eigenvalue weighted by Crippen LogP contribution is 2.21. The lowest BCUT2D eigenvalue weighted by molar-refractivity contribution is -0.118. The van der Waals surface area contributed by atoms with Crippen molar-refractivity contribution in [3.05, 3.63) is 64.2 Å². The van der Waals surface area contributed by atoms with Gasteiger partial charge in [0.25, 0.3) is 5.91 Å². The summed E-state index contributed by atoms with van der Waals surface area (Å²) in [6.45, 7) is 5.47. The first-order chi connectivity index (χ1) is 12.7. The lowest BCUT2D eigenvalue weighted by atomic mass is 10.0. The van der Waals surface area contributed by atoms with Crippen LogP contribution in [0.5, 0.6) is 0 Å². The molecular weight excluding hydrogens is 368 g/mol. The maximum absolute atomic E-state index is 12.7. The molecule has 7 heteroatoms. The van der Waals surface area contributed by atoms with Crippen LogP contribution in [0, 0.1) is 12.8 Å². The number of carboxylic acid groups (broad SMARTS) is 1. The Balaban J connectivity index is 2.16. The molecule has 0 fully saturated rings. The molecule has 6 nitrogen and oxygen atoms in total. The molecule has 0 aliphatic heterocycles. The first-order valence-corrected chi connectivity index (χ1v) is 8.78. The lowest BCUT2D eigenvalue weighted by Gasteiger charge is -2.22. The van der Waals surface area contributed by atoms with Crippen molar-refractivity contribution in [1.29, 1.82) is 0 Å². The van der Waals surface area contributed by atoms with Crippen LogP contribution >= 0.6 is 11.6 Å². The van der Waals surface area contributed by atoms with E-state index in [4.69, 9.17) is 16.7 Å². The number of nitrogens with one attached hydrogen (secondary N) is 2. The highest BCUT2D eigenvalue weighted by molar-refractivity contribution is 6.33. The fraction of sp³-hybridized carbons (Fsp3) is 0.250. The number of halogens is 1. The van der Waals surface area contributed by atoms with E-state index in [2.05, 4.69) is 10.6 Å². The maximum Gasteiger partial charge on any atom is 0.337 e. The van der Waals surface area contributed by atoms with Crippen molar-refractivity contribution in [2.75, 3.05) is 5.32 Å². The van der Waals surface area contributed by atoms with Gasteiger partial charge in [-0.05, 0) is 42.7 Å². The van der Waals surface area contributed by atoms with Gasteiger partial charge in [-0.15, -0.1) is 0 Å². The molecule has 1 atom stereocenters. The number of carbonyl (C=O) groups is 3. The van der Waals surface area contributed by atoms with Crippen LogP contribution in [0.1, 0.15) is 40.1 Å². The van der Waals surface area contributed by atoms with E-state index >= 15 is 0 Å². The Morgan fingerprint density at radius 1 is 1.04 bits per heavy atom. The third-order valence-corrected chi connectivity index (χ3v) is 4.41. The van der Waals surface area contributed by atoms with Gasteiger partial charge in [0.05, 0.1) is 10.6 Å². The van der Waals surface area contributed by atoms with Gasteiger partial charge < -0.3 is 15.7 Å². The van der Waals surface area contributed by atoms with Crippen LogP contribution in [-0.4, -0.2) is 28.9 Å². The van der Waals surface area contributed by atoms with Gasteiger partial charge in [0.1, 0.15) is 6.04 Å². The van der Waals surface area contributed by atoms with E-state index < -0.39 is 17.9 Å². The molecule has 0 aliphatic rings. The minimum atomic E-state index is -1.15. The average Bonchev–Trinajstić information content (AvgIpc) is 2.59. The van der Waals surface area contributed by atoms with Crippen LogP contribution in [0.25, 0.3) is 0 Å². The standard InChI is InChI=1S/C20H21ClN2O4/c1-11(2)17(23-18(24)14-7-5-4-6-12(14)3)19(25)22-13-8-9-15(20(26)27)16(21)10-13/h4-11,17H,1-3H3,(H,22,25)(H,23,24)(H,26,27). The Kier molecular flexibility index (Phi) is 6.58. The van der Waals surface area contributed by atoms with Gasteiger partial charge >= 0.3 is 5.97 Å². The molecule has 0 heterocycles. The molecule has 2 amide bonds. The van der Waals surface area contributed by atoms with Crippen LogP contribution in [0.15, 0.2) is 42.5 Å². The highest BCUT2D eigenvalue weighted by atomic mass is 35.5. The van der Waals surface area contributed by atoms with Crippen molar-refractivity contribution in [2.45, 2.75) is 26.8 Å². The van der Waals surface area contributed by atoms with Crippen molar-refractivity contribution >= 4 is 35.1 Å². The lowest BCUT2D eigenvalue weighted by Crippen LogP contribution is -2.47. The third-order valence-electron chi connectivity index (χ3n) is 4.09. The molecule has 2 rings (SSSR count). The SMILES string of the molecule is Cc1ccccc1C(=O)NC(C(=O)Nc1ccc(C(=O)O)c(Cl)c1)C(C)C. The molecule has 2 aromatic carbocycles. The van der Waals surface area contributed by atoms with Gasteiger partial charge in [-0.3, -0.25) is 9.59 Å². The fourth-order valence-electron chi connectivity index (χ4n) is 2.57. The fourth-order valence-corrected chi connectivity index (χ4v) is 2.83. The van der Waals surface area contributed by atoms with Crippen molar-refractivity contribution in [2.24, 2.45) is 5.92 Å². The molecular formula is C20H21ClN2O4. The molecule has 3 N–H and O–H groups in total. The number of anilines is 1. The van der Waals surface area contributed by atoms with Gasteiger partial charge in [0.15, 0.2) is 0 Å². The van der Waals surface area contributed by atoms with Gasteiger partial charge in [-0.2, -0.15) is 0 Å². The Morgan fingerprint density at radius 3 is 2.26 bits per heavy atom. The summed E-state index contributed by atoms with van der Waals surface area (Å²) in [6.07, 6.45) is 0. The van der Waals surface area contributed by atoms with Crippen LogP contribution in [0.3, 0.4) is 0 Å². The van der Waals surface area contributed by atoms with Gasteiger partial charge in [-0.25, -0.2) is 4.79 Å². The summed E-state index contributed by atoms with van der Waals surface area (Å²) in [5, 5.41) is 14.5. The molecule has 2 aromatic rings. The predicted molar refractivity (Wildman–Crippen MR) is 104 cm³/mol. The second kappa shape index (κ2) is 8.68. The summed E-state index contributed by atoms with van der Waals surface area (Å²) in [4.78, 5) is 36.2. The van der Waals surface area contributed by atoms with E-state index in [9.17, 15) is 14.4 Å². The molecule has 0 aliphatic carbocycles. The molecule has 0 saturated heterocycles. The number of aromatic carboxylic acids is 1. The van der Waals surface area contributed by atoms with Crippen LogP contribution < -0.4 is 10.6 Å². The number of hydrogen-bond acceptors (Lipinski definition) is 3. The monoisotopic (exact) mass is 388 g/mol. The zero-order valence-electron chi connectivity index (χ0n) is 15.2. The molecule has 0 saturated carbocycles. The Hall–Kier alpha value is -2.86. The van der Waals surface area contributed by atoms with Crippen molar-refractivity contribution in [1.82, 2.24) is 5.32 Å². The van der Waals surface area contributed by atoms with E-state index in [0.717, 1.165) is 5.56 Å². The molecule has 0 bridgehead atoms. The number of rotatable bonds is 6. The van der Waals surface area contributed by atoms with E-state index in [1.807, 2.05) is 32.9 Å². The number of aryl methyl sites for hydroxylation is 1. The summed E-state index contributed by atoms with van der Waals surface area (Å²) < 4.78 is 0. The zero-order valence-corrected chi connectivity index (χ0v) is 16.0. The molecule has 0 spiro atoms. The van der Waals surface area contributed by atoms with E-state index in [0.29, 0.717) is 11.3 Å². The van der Waals surface area contributed by atoms with Crippen molar-refractivity contribution in [3.8, 4) is 0 Å². The van der Waals surface area contributed by atoms with Crippen LogP contribution in [0.2, 0.25) is 5.02 Å². The molecule has 1 unspecified atom stereocenters. The summed E-state index contributed by atoms with van der Waals surface area (Å²) in [5.74, 6) is -2.05. The zero-order chi connectivity index (χ0) is 20.1. The van der Waals surface area contributed by atoms with Crippen molar-refractivity contribution in [3.63, 3.8) is 0 Å². The molecule has 0 radical (unpaired) electrons. The number of benzene rings is 2. The summed E-state index contributed by atoms with van der Waals surface area (Å²) in [7, 11) is 0. The summed E-state index contributed by atoms with van der Waals surface area (Å²) in [5.41, 5.74) is 1.62. The Morgan fingerprint density at radius 2 is 1.70 bits per heavy atom. The Bertz CT molecular complexity index is 880. The minimum absolute atomic E-state index is 0.0188. The van der Waals surface area contributed by atoms with Crippen LogP contribution in [-0.2, 0) is 4.79 Å². The van der Waals surface area contributed by atoms with E-state index in [-0.39, 0.29) is 22.4 Å². The Labute approximate surface area is 162 Å². The average molecular weight is 389 g/mol. The summed E-state index contributed by atoms with van der Waals surface area (Å²) in [6, 6.07) is 10.5. The van der Waals surface area contributed by atoms with Crippen LogP contribution in [0.4, 0.5) is 5.69 Å². The maximum atomic E-state index is 12.7. The number of carbonyl (C=O) groups excluding carboxylic acids is 2. The molecule has 27 heavy (non-hydrogen) atoms. The minimum Gasteiger partial charge on any atom is -0.478 e. The van der Waals surface area contributed by atoms with E-state index in [1.165, 1.54) is 18.2 Å². The van der Waals surface area contributed by atoms with Gasteiger partial charge in [-0.1, -0.05) is 43.6 Å². The van der Waals surface area contributed by atoms with E-state index in [1.54, 1.807) is 12.1 Å². The summed E-state index contributed by atoms with van der Waals surface area (Å²) >= 11 is 5.93. The van der Waals surface area contributed by atoms with Gasteiger partial charge in [0.2, 0.25) is 5.91 Å². The quantitative estimate of drug-likeness (QED) is 0.702. The second-order valence-electron chi connectivity index (χ2n) is 6.50. The third kappa shape index (κ3) is 5.08. The second-order valence-corrected chi connectivity index (χ2v) is 6.91. The number of amides is 2. The predicted octanol–water partition coefficient (Wildman–Crippen LogP) is 3.74. The first-order valence-electron chi connectivity index (χ1n) is 8.41. The van der Waals surface area contributed by atoms with Gasteiger partial charge in [0, 0.05) is 11.3 Å². The molecule has 0 aromatic heterocycles. The number of carboxylic acids is 1. The smallest absolute Gasteiger partial charge is 0.337 e. The topological polar surface area (TPSA) is 95.5 Å².